The van der Waals surface area contributed by atoms with E-state index >= 15 is 0 Å². The number of rotatable bonds is 3. The molecule has 5 rings (SSSR count). The highest BCUT2D eigenvalue weighted by molar-refractivity contribution is 5.83. The van der Waals surface area contributed by atoms with Gasteiger partial charge in [-0.2, -0.15) is 9.07 Å². The average Bonchev–Trinajstić information content (AvgIpc) is 3.19. The van der Waals surface area contributed by atoms with Crippen LogP contribution in [0.25, 0.3) is 16.9 Å². The highest BCUT2D eigenvalue weighted by atomic mass is 19.1. The molecule has 0 bridgehead atoms. The lowest BCUT2D eigenvalue weighted by atomic mass is 10.2. The Hall–Kier alpha value is -3.62. The number of aromatic nitrogens is 6. The Morgan fingerprint density at radius 2 is 1.61 bits per heavy atom. The number of nitrogens with zero attached hydrogens (tertiary/aromatic N) is 8. The average molecular weight is 376 g/mol. The van der Waals surface area contributed by atoms with Crippen molar-refractivity contribution in [1.82, 2.24) is 29.9 Å². The van der Waals surface area contributed by atoms with Crippen molar-refractivity contribution in [3.05, 3.63) is 60.9 Å². The molecule has 1 fully saturated rings. The van der Waals surface area contributed by atoms with Crippen LogP contribution in [-0.4, -0.2) is 56.1 Å². The number of halogens is 1. The molecule has 0 amide bonds. The molecule has 8 nitrogen and oxygen atoms in total. The minimum absolute atomic E-state index is 0.463. The predicted molar refractivity (Wildman–Crippen MR) is 103 cm³/mol. The van der Waals surface area contributed by atoms with Gasteiger partial charge in [-0.1, -0.05) is 23.4 Å². The fraction of sp³-hybridized carbons (Fsp3) is 0.211. The molecule has 1 aliphatic heterocycles. The van der Waals surface area contributed by atoms with Gasteiger partial charge < -0.3 is 9.80 Å². The largest absolute Gasteiger partial charge is 0.368 e. The number of hydrogen-bond donors (Lipinski definition) is 0. The summed E-state index contributed by atoms with van der Waals surface area (Å²) in [4.78, 5) is 16.8. The lowest BCUT2D eigenvalue weighted by molar-refractivity contribution is 0.580. The first kappa shape index (κ1) is 16.5. The van der Waals surface area contributed by atoms with Gasteiger partial charge in [-0.05, 0) is 18.2 Å². The minimum Gasteiger partial charge on any atom is -0.368 e. The van der Waals surface area contributed by atoms with Gasteiger partial charge in [-0.3, -0.25) is 0 Å². The third-order valence-corrected chi connectivity index (χ3v) is 4.87. The van der Waals surface area contributed by atoms with E-state index in [1.54, 1.807) is 11.0 Å². The number of pyridine rings is 1. The van der Waals surface area contributed by atoms with Crippen LogP contribution in [0.15, 0.2) is 55.0 Å². The van der Waals surface area contributed by atoms with Crippen molar-refractivity contribution in [3.63, 3.8) is 0 Å². The van der Waals surface area contributed by atoms with Gasteiger partial charge in [-0.15, -0.1) is 5.10 Å². The zero-order valence-electron chi connectivity index (χ0n) is 15.0. The lowest BCUT2D eigenvalue weighted by Crippen LogP contribution is -2.47. The van der Waals surface area contributed by atoms with Crippen LogP contribution in [0, 0.1) is 5.95 Å². The van der Waals surface area contributed by atoms with Crippen LogP contribution in [0.1, 0.15) is 0 Å². The van der Waals surface area contributed by atoms with Crippen LogP contribution in [-0.2, 0) is 0 Å². The van der Waals surface area contributed by atoms with Gasteiger partial charge in [0.1, 0.15) is 6.33 Å². The Kier molecular flexibility index (Phi) is 4.04. The molecule has 9 heteroatoms. The van der Waals surface area contributed by atoms with Crippen LogP contribution >= 0.6 is 0 Å². The Morgan fingerprint density at radius 3 is 2.39 bits per heavy atom. The minimum atomic E-state index is -0.463. The van der Waals surface area contributed by atoms with Crippen LogP contribution in [0.5, 0.6) is 0 Å². The Bertz CT molecular complexity index is 1110. The molecule has 140 valence electrons. The number of benzene rings is 1. The predicted octanol–water partition coefficient (Wildman–Crippen LogP) is 2.07. The fourth-order valence-corrected chi connectivity index (χ4v) is 3.48. The first-order valence-corrected chi connectivity index (χ1v) is 9.03. The van der Waals surface area contributed by atoms with Gasteiger partial charge in [-0.25, -0.2) is 15.0 Å². The van der Waals surface area contributed by atoms with Crippen LogP contribution < -0.4 is 9.80 Å². The van der Waals surface area contributed by atoms with Crippen molar-refractivity contribution in [1.29, 1.82) is 0 Å². The number of para-hydroxylation sites is 1. The molecule has 0 saturated carbocycles. The molecule has 0 spiro atoms. The van der Waals surface area contributed by atoms with Gasteiger partial charge in [0.25, 0.3) is 0 Å². The standard InChI is InChI=1S/C19H17FN8/c20-16-12-15(6-7-21-16)26-8-10-27(11-9-26)18-17-19(23-13-22-18)28(25-24-17)14-4-2-1-3-5-14/h1-7,12-13H,8-11H2. The SMILES string of the molecule is Fc1cc(N2CCN(c3ncnc4c3nnn4-c3ccccc3)CC2)ccn1. The Morgan fingerprint density at radius 1 is 0.821 bits per heavy atom. The topological polar surface area (TPSA) is 75.9 Å². The van der Waals surface area contributed by atoms with Crippen molar-refractivity contribution >= 4 is 22.7 Å². The Labute approximate surface area is 160 Å². The maximum Gasteiger partial charge on any atom is 0.214 e. The maximum absolute atomic E-state index is 13.4. The molecule has 0 N–H and O–H groups in total. The lowest BCUT2D eigenvalue weighted by Gasteiger charge is -2.36. The summed E-state index contributed by atoms with van der Waals surface area (Å²) in [6, 6.07) is 13.1. The molecule has 0 radical (unpaired) electrons. The summed E-state index contributed by atoms with van der Waals surface area (Å²) in [5.74, 6) is 0.308. The molecule has 0 aliphatic carbocycles. The van der Waals surface area contributed by atoms with Gasteiger partial charge in [0, 0.05) is 44.1 Å². The second-order valence-electron chi connectivity index (χ2n) is 6.52. The summed E-state index contributed by atoms with van der Waals surface area (Å²) >= 11 is 0. The quantitative estimate of drug-likeness (QED) is 0.507. The summed E-state index contributed by atoms with van der Waals surface area (Å²) < 4.78 is 15.1. The van der Waals surface area contributed by atoms with Crippen LogP contribution in [0.3, 0.4) is 0 Å². The first-order valence-electron chi connectivity index (χ1n) is 9.03. The summed E-state index contributed by atoms with van der Waals surface area (Å²) in [6.07, 6.45) is 3.04. The summed E-state index contributed by atoms with van der Waals surface area (Å²) in [5.41, 5.74) is 3.10. The molecular weight excluding hydrogens is 359 g/mol. The van der Waals surface area contributed by atoms with E-state index in [0.717, 1.165) is 43.4 Å². The summed E-state index contributed by atoms with van der Waals surface area (Å²) in [5, 5.41) is 8.61. The first-order chi connectivity index (χ1) is 13.8. The van der Waals surface area contributed by atoms with Crippen molar-refractivity contribution in [2.24, 2.45) is 0 Å². The van der Waals surface area contributed by atoms with Crippen molar-refractivity contribution in [2.75, 3.05) is 36.0 Å². The number of fused-ring (bicyclic) bond motifs is 1. The van der Waals surface area contributed by atoms with Gasteiger partial charge in [0.2, 0.25) is 5.95 Å². The zero-order chi connectivity index (χ0) is 18.9. The molecule has 1 aromatic carbocycles. The smallest absolute Gasteiger partial charge is 0.214 e. The highest BCUT2D eigenvalue weighted by Crippen LogP contribution is 2.25. The highest BCUT2D eigenvalue weighted by Gasteiger charge is 2.23. The van der Waals surface area contributed by atoms with E-state index in [1.165, 1.54) is 12.3 Å². The summed E-state index contributed by atoms with van der Waals surface area (Å²) in [7, 11) is 0. The van der Waals surface area contributed by atoms with E-state index < -0.39 is 5.95 Å². The monoisotopic (exact) mass is 376 g/mol. The van der Waals surface area contributed by atoms with Crippen molar-refractivity contribution in [3.8, 4) is 5.69 Å². The summed E-state index contributed by atoms with van der Waals surface area (Å²) in [6.45, 7) is 2.99. The molecule has 4 aromatic rings. The van der Waals surface area contributed by atoms with Gasteiger partial charge in [0.05, 0.1) is 5.69 Å². The van der Waals surface area contributed by atoms with E-state index in [4.69, 9.17) is 0 Å². The molecule has 4 heterocycles. The molecule has 1 aliphatic rings. The number of piperazine rings is 1. The van der Waals surface area contributed by atoms with Gasteiger partial charge in [0.15, 0.2) is 17.0 Å². The van der Waals surface area contributed by atoms with E-state index in [1.807, 2.05) is 36.4 Å². The third-order valence-electron chi connectivity index (χ3n) is 4.87. The molecular formula is C19H17FN8. The van der Waals surface area contributed by atoms with Gasteiger partial charge >= 0.3 is 0 Å². The Balaban J connectivity index is 1.41. The number of hydrogen-bond acceptors (Lipinski definition) is 7. The maximum atomic E-state index is 13.4. The van der Waals surface area contributed by atoms with Crippen molar-refractivity contribution < 1.29 is 4.39 Å². The van der Waals surface area contributed by atoms with E-state index in [-0.39, 0.29) is 0 Å². The van der Waals surface area contributed by atoms with Crippen molar-refractivity contribution in [2.45, 2.75) is 0 Å². The molecule has 0 atom stereocenters. The van der Waals surface area contributed by atoms with E-state index in [9.17, 15) is 4.39 Å². The number of anilines is 2. The normalized spacial score (nSPS) is 14.6. The third kappa shape index (κ3) is 2.90. The molecule has 0 unspecified atom stereocenters. The van der Waals surface area contributed by atoms with Crippen LogP contribution in [0.2, 0.25) is 0 Å². The molecule has 28 heavy (non-hydrogen) atoms. The van der Waals surface area contributed by atoms with E-state index in [2.05, 4.69) is 35.1 Å². The van der Waals surface area contributed by atoms with E-state index in [0.29, 0.717) is 11.2 Å². The second-order valence-corrected chi connectivity index (χ2v) is 6.52. The molecule has 1 saturated heterocycles. The van der Waals surface area contributed by atoms with Crippen LogP contribution in [0.4, 0.5) is 15.9 Å². The second kappa shape index (κ2) is 6.84. The zero-order valence-corrected chi connectivity index (χ0v) is 15.0. The molecule has 3 aromatic heterocycles. The fourth-order valence-electron chi connectivity index (χ4n) is 3.48.